The van der Waals surface area contributed by atoms with Gasteiger partial charge in [-0.2, -0.15) is 5.10 Å². The lowest BCUT2D eigenvalue weighted by molar-refractivity contribution is 0.134. The van der Waals surface area contributed by atoms with Gasteiger partial charge in [0.25, 0.3) is 0 Å². The lowest BCUT2D eigenvalue weighted by atomic mass is 9.83. The van der Waals surface area contributed by atoms with Crippen LogP contribution in [0, 0.1) is 0 Å². The zero-order chi connectivity index (χ0) is 14.2. The van der Waals surface area contributed by atoms with E-state index in [9.17, 15) is 0 Å². The molecule has 2 N–H and O–H groups in total. The van der Waals surface area contributed by atoms with Gasteiger partial charge in [-0.25, -0.2) is 0 Å². The number of rotatable bonds is 2. The highest BCUT2D eigenvalue weighted by molar-refractivity contribution is 5.29. The molecule has 1 aromatic heterocycles. The zero-order valence-corrected chi connectivity index (χ0v) is 13.0. The number of likely N-dealkylation sites (N-methyl/N-ethyl adjacent to an activating group) is 1. The van der Waals surface area contributed by atoms with Crippen LogP contribution in [0.3, 0.4) is 0 Å². The normalized spacial score (nSPS) is 25.8. The van der Waals surface area contributed by atoms with E-state index in [-0.39, 0.29) is 11.5 Å². The van der Waals surface area contributed by atoms with Crippen molar-refractivity contribution in [1.29, 1.82) is 0 Å². The molecule has 2 rings (SSSR count). The summed E-state index contributed by atoms with van der Waals surface area (Å²) in [4.78, 5) is 2.50. The van der Waals surface area contributed by atoms with Crippen LogP contribution in [0.25, 0.3) is 0 Å². The van der Waals surface area contributed by atoms with Crippen molar-refractivity contribution >= 4 is 0 Å². The molecule has 0 aliphatic carbocycles. The highest BCUT2D eigenvalue weighted by atomic mass is 15.3. The fourth-order valence-corrected chi connectivity index (χ4v) is 3.19. The van der Waals surface area contributed by atoms with E-state index < -0.39 is 0 Å². The molecule has 4 nitrogen and oxygen atoms in total. The van der Waals surface area contributed by atoms with E-state index in [1.165, 1.54) is 17.7 Å². The predicted octanol–water partition coefficient (Wildman–Crippen LogP) is 2.20. The molecule has 0 spiro atoms. The summed E-state index contributed by atoms with van der Waals surface area (Å²) >= 11 is 0. The van der Waals surface area contributed by atoms with Crippen LogP contribution >= 0.6 is 0 Å². The topological polar surface area (TPSA) is 47.1 Å². The molecule has 0 radical (unpaired) electrons. The van der Waals surface area contributed by atoms with Crippen LogP contribution in [-0.4, -0.2) is 33.8 Å². The maximum atomic E-state index is 6.42. The number of aryl methyl sites for hydroxylation is 1. The summed E-state index contributed by atoms with van der Waals surface area (Å²) in [6.07, 6.45) is 4.48. The minimum atomic E-state index is 0.0627. The van der Waals surface area contributed by atoms with Crippen LogP contribution in [0.1, 0.15) is 57.8 Å². The van der Waals surface area contributed by atoms with E-state index in [0.717, 1.165) is 19.5 Å². The van der Waals surface area contributed by atoms with Gasteiger partial charge in [-0.1, -0.05) is 27.7 Å². The van der Waals surface area contributed by atoms with Gasteiger partial charge in [-0.15, -0.1) is 0 Å². The Morgan fingerprint density at radius 2 is 2.11 bits per heavy atom. The van der Waals surface area contributed by atoms with Gasteiger partial charge in [0.1, 0.15) is 0 Å². The maximum absolute atomic E-state index is 6.42. The summed E-state index contributed by atoms with van der Waals surface area (Å²) in [7, 11) is 2.00. The van der Waals surface area contributed by atoms with E-state index in [1.807, 2.05) is 11.7 Å². The Morgan fingerprint density at radius 1 is 1.42 bits per heavy atom. The predicted molar refractivity (Wildman–Crippen MR) is 79.1 cm³/mol. The Kier molecular flexibility index (Phi) is 4.02. The Hall–Kier alpha value is -0.870. The van der Waals surface area contributed by atoms with E-state index in [1.54, 1.807) is 0 Å². The van der Waals surface area contributed by atoms with Gasteiger partial charge in [0.2, 0.25) is 0 Å². The molecule has 1 aliphatic heterocycles. The van der Waals surface area contributed by atoms with E-state index in [4.69, 9.17) is 10.8 Å². The summed E-state index contributed by atoms with van der Waals surface area (Å²) in [6, 6.07) is 0.542. The lowest BCUT2D eigenvalue weighted by Gasteiger charge is -2.40. The quantitative estimate of drug-likeness (QED) is 0.891. The van der Waals surface area contributed by atoms with Crippen molar-refractivity contribution in [2.45, 2.75) is 58.0 Å². The lowest BCUT2D eigenvalue weighted by Crippen LogP contribution is -2.46. The Labute approximate surface area is 117 Å². The van der Waals surface area contributed by atoms with Crippen LogP contribution in [0.4, 0.5) is 0 Å². The average molecular weight is 264 g/mol. The molecule has 2 heterocycles. The zero-order valence-electron chi connectivity index (χ0n) is 13.0. The second-order valence-corrected chi connectivity index (χ2v) is 6.74. The summed E-state index contributed by atoms with van der Waals surface area (Å²) in [5.74, 6) is 0. The molecular formula is C15H28N4. The third kappa shape index (κ3) is 2.84. The highest BCUT2D eigenvalue weighted by Crippen LogP contribution is 2.35. The number of nitrogens with zero attached hydrogens (tertiary/aromatic N) is 3. The van der Waals surface area contributed by atoms with Gasteiger partial charge in [0.15, 0.2) is 0 Å². The molecule has 2 atom stereocenters. The Bertz CT molecular complexity index is 430. The van der Waals surface area contributed by atoms with Crippen LogP contribution in [0.15, 0.2) is 6.20 Å². The molecule has 108 valence electrons. The van der Waals surface area contributed by atoms with Gasteiger partial charge in [-0.05, 0) is 25.9 Å². The van der Waals surface area contributed by atoms with Crippen molar-refractivity contribution in [3.63, 3.8) is 0 Å². The Morgan fingerprint density at radius 3 is 2.68 bits per heavy atom. The van der Waals surface area contributed by atoms with Crippen molar-refractivity contribution in [3.8, 4) is 0 Å². The third-order valence-electron chi connectivity index (χ3n) is 4.07. The van der Waals surface area contributed by atoms with Crippen LogP contribution in [0.5, 0.6) is 0 Å². The Balaban J connectivity index is 2.44. The fourth-order valence-electron chi connectivity index (χ4n) is 3.19. The van der Waals surface area contributed by atoms with Crippen molar-refractivity contribution in [1.82, 2.24) is 14.7 Å². The van der Waals surface area contributed by atoms with Crippen molar-refractivity contribution < 1.29 is 0 Å². The summed E-state index contributed by atoms with van der Waals surface area (Å²) in [6.45, 7) is 11.1. The number of piperidine rings is 1. The SMILES string of the molecule is CCN1CCCC(N)C1c1cn(C)nc1C(C)(C)C. The molecule has 0 aromatic carbocycles. The molecule has 0 amide bonds. The summed E-state index contributed by atoms with van der Waals surface area (Å²) in [5.41, 5.74) is 9.00. The first-order valence-electron chi connectivity index (χ1n) is 7.38. The standard InChI is InChI=1S/C15H28N4/c1-6-19-9-7-8-12(16)13(19)11-10-18(5)17-14(11)15(2,3)4/h10,12-13H,6-9,16H2,1-5H3. The number of aromatic nitrogens is 2. The summed E-state index contributed by atoms with van der Waals surface area (Å²) < 4.78 is 1.94. The number of likely N-dealkylation sites (tertiary alicyclic amines) is 1. The van der Waals surface area contributed by atoms with Crippen molar-refractivity contribution in [3.05, 3.63) is 17.5 Å². The van der Waals surface area contributed by atoms with Gasteiger partial charge in [0, 0.05) is 30.3 Å². The molecule has 2 unspecified atom stereocenters. The van der Waals surface area contributed by atoms with Gasteiger partial charge in [-0.3, -0.25) is 9.58 Å². The second-order valence-electron chi connectivity index (χ2n) is 6.74. The molecule has 0 saturated carbocycles. The molecule has 19 heavy (non-hydrogen) atoms. The smallest absolute Gasteiger partial charge is 0.0726 e. The number of hydrogen-bond donors (Lipinski definition) is 1. The van der Waals surface area contributed by atoms with Crippen molar-refractivity contribution in [2.75, 3.05) is 13.1 Å². The number of nitrogens with two attached hydrogens (primary N) is 1. The maximum Gasteiger partial charge on any atom is 0.0726 e. The molecule has 1 fully saturated rings. The minimum absolute atomic E-state index is 0.0627. The minimum Gasteiger partial charge on any atom is -0.326 e. The first kappa shape index (κ1) is 14.5. The molecule has 0 bridgehead atoms. The van der Waals surface area contributed by atoms with Gasteiger partial charge in [0.05, 0.1) is 11.7 Å². The van der Waals surface area contributed by atoms with Crippen LogP contribution in [0.2, 0.25) is 0 Å². The van der Waals surface area contributed by atoms with E-state index in [2.05, 4.69) is 38.8 Å². The molecule has 1 saturated heterocycles. The first-order chi connectivity index (χ1) is 8.84. The average Bonchev–Trinajstić information content (AvgIpc) is 2.70. The number of hydrogen-bond acceptors (Lipinski definition) is 3. The highest BCUT2D eigenvalue weighted by Gasteiger charge is 2.34. The van der Waals surface area contributed by atoms with Crippen LogP contribution in [-0.2, 0) is 12.5 Å². The molecule has 1 aliphatic rings. The molecule has 1 aromatic rings. The second kappa shape index (κ2) is 5.25. The van der Waals surface area contributed by atoms with E-state index in [0.29, 0.717) is 6.04 Å². The van der Waals surface area contributed by atoms with Crippen molar-refractivity contribution in [2.24, 2.45) is 12.8 Å². The monoisotopic (exact) mass is 264 g/mol. The third-order valence-corrected chi connectivity index (χ3v) is 4.07. The summed E-state index contributed by atoms with van der Waals surface area (Å²) in [5, 5.41) is 4.69. The van der Waals surface area contributed by atoms with E-state index >= 15 is 0 Å². The fraction of sp³-hybridized carbons (Fsp3) is 0.800. The largest absolute Gasteiger partial charge is 0.326 e. The van der Waals surface area contributed by atoms with Gasteiger partial charge >= 0.3 is 0 Å². The molecule has 4 heteroatoms. The molecular weight excluding hydrogens is 236 g/mol. The van der Waals surface area contributed by atoms with Gasteiger partial charge < -0.3 is 5.73 Å². The van der Waals surface area contributed by atoms with Crippen LogP contribution < -0.4 is 5.73 Å². The first-order valence-corrected chi connectivity index (χ1v) is 7.38.